The summed E-state index contributed by atoms with van der Waals surface area (Å²) in [6.07, 6.45) is 2.63. The van der Waals surface area contributed by atoms with Gasteiger partial charge in [0.15, 0.2) is 0 Å². The van der Waals surface area contributed by atoms with Gasteiger partial charge in [-0.2, -0.15) is 0 Å². The van der Waals surface area contributed by atoms with Gasteiger partial charge in [-0.1, -0.05) is 0 Å². The Bertz CT molecular complexity index is 495. The van der Waals surface area contributed by atoms with Crippen molar-refractivity contribution in [3.8, 4) is 0 Å². The van der Waals surface area contributed by atoms with Crippen molar-refractivity contribution in [2.45, 2.75) is 32.3 Å². The molecular formula is C15H23N3O5. The monoisotopic (exact) mass is 325 g/mol. The number of ether oxygens (including phenoxy) is 1. The molecule has 23 heavy (non-hydrogen) atoms. The highest BCUT2D eigenvalue weighted by Crippen LogP contribution is 2.13. The van der Waals surface area contributed by atoms with Gasteiger partial charge in [-0.15, -0.1) is 0 Å². The van der Waals surface area contributed by atoms with Crippen molar-refractivity contribution in [1.82, 2.24) is 15.5 Å². The Labute approximate surface area is 135 Å². The summed E-state index contributed by atoms with van der Waals surface area (Å²) in [6.45, 7) is 4.19. The third-order valence-electron chi connectivity index (χ3n) is 3.25. The fourth-order valence-electron chi connectivity index (χ4n) is 2.00. The highest BCUT2D eigenvalue weighted by Gasteiger charge is 2.24. The van der Waals surface area contributed by atoms with Crippen LogP contribution in [0.1, 0.15) is 26.7 Å². The smallest absolute Gasteiger partial charge is 0.253 e. The standard InChI is InChI=1S/C15H23N3O5/c1-15(2,10-12(20)16-3)23-9-7-17-11(19)6-8-18-13(21)4-5-14(18)22/h4-5H,6-10H2,1-3H3,(H,16,20)(H,17,19). The number of hydrogen-bond acceptors (Lipinski definition) is 5. The van der Waals surface area contributed by atoms with E-state index in [2.05, 4.69) is 10.6 Å². The van der Waals surface area contributed by atoms with Gasteiger partial charge in [-0.05, 0) is 13.8 Å². The van der Waals surface area contributed by atoms with Crippen molar-refractivity contribution >= 4 is 23.6 Å². The highest BCUT2D eigenvalue weighted by molar-refractivity contribution is 6.13. The van der Waals surface area contributed by atoms with E-state index in [-0.39, 0.29) is 44.4 Å². The van der Waals surface area contributed by atoms with Crippen molar-refractivity contribution in [3.63, 3.8) is 0 Å². The topological polar surface area (TPSA) is 105 Å². The molecule has 0 saturated carbocycles. The predicted octanol–water partition coefficient (Wildman–Crippen LogP) is -0.651. The fourth-order valence-corrected chi connectivity index (χ4v) is 2.00. The van der Waals surface area contributed by atoms with Gasteiger partial charge in [0.25, 0.3) is 11.8 Å². The van der Waals surface area contributed by atoms with Crippen molar-refractivity contribution in [1.29, 1.82) is 0 Å². The van der Waals surface area contributed by atoms with Crippen LogP contribution in [0.15, 0.2) is 12.2 Å². The zero-order valence-corrected chi connectivity index (χ0v) is 13.7. The summed E-state index contributed by atoms with van der Waals surface area (Å²) in [5.74, 6) is -1.19. The van der Waals surface area contributed by atoms with E-state index in [0.717, 1.165) is 4.90 Å². The van der Waals surface area contributed by atoms with Crippen LogP contribution in [0.2, 0.25) is 0 Å². The Hall–Kier alpha value is -2.22. The second kappa shape index (κ2) is 8.42. The van der Waals surface area contributed by atoms with Crippen LogP contribution in [0.3, 0.4) is 0 Å². The van der Waals surface area contributed by atoms with Gasteiger partial charge in [0, 0.05) is 38.7 Å². The molecule has 8 heteroatoms. The first kappa shape index (κ1) is 18.8. The van der Waals surface area contributed by atoms with Gasteiger partial charge < -0.3 is 15.4 Å². The number of nitrogens with one attached hydrogen (secondary N) is 2. The molecule has 8 nitrogen and oxygen atoms in total. The van der Waals surface area contributed by atoms with E-state index in [9.17, 15) is 19.2 Å². The van der Waals surface area contributed by atoms with Gasteiger partial charge in [0.05, 0.1) is 18.6 Å². The van der Waals surface area contributed by atoms with Gasteiger partial charge in [0.1, 0.15) is 0 Å². The second-order valence-electron chi connectivity index (χ2n) is 5.72. The first-order valence-electron chi connectivity index (χ1n) is 7.40. The van der Waals surface area contributed by atoms with Gasteiger partial charge in [-0.3, -0.25) is 24.1 Å². The molecule has 0 bridgehead atoms. The van der Waals surface area contributed by atoms with Crippen LogP contribution in [0.4, 0.5) is 0 Å². The van der Waals surface area contributed by atoms with Crippen LogP contribution in [0.5, 0.6) is 0 Å². The van der Waals surface area contributed by atoms with E-state index in [1.165, 1.54) is 12.2 Å². The van der Waals surface area contributed by atoms with Crippen molar-refractivity contribution in [3.05, 3.63) is 12.2 Å². The number of carbonyl (C=O) groups is 4. The van der Waals surface area contributed by atoms with Gasteiger partial charge in [-0.25, -0.2) is 0 Å². The molecule has 128 valence electrons. The molecule has 0 aromatic rings. The molecule has 1 aliphatic heterocycles. The Morgan fingerprint density at radius 3 is 2.35 bits per heavy atom. The molecule has 2 N–H and O–H groups in total. The Kier molecular flexibility index (Phi) is 6.89. The lowest BCUT2D eigenvalue weighted by atomic mass is 10.1. The van der Waals surface area contributed by atoms with Crippen molar-refractivity contribution < 1.29 is 23.9 Å². The molecule has 1 aliphatic rings. The minimum absolute atomic E-state index is 0.0425. The maximum Gasteiger partial charge on any atom is 0.253 e. The summed E-state index contributed by atoms with van der Waals surface area (Å²) in [4.78, 5) is 46.6. The minimum atomic E-state index is -0.620. The van der Waals surface area contributed by atoms with Gasteiger partial charge >= 0.3 is 0 Å². The molecule has 0 radical (unpaired) electrons. The molecule has 1 heterocycles. The molecule has 0 atom stereocenters. The molecular weight excluding hydrogens is 302 g/mol. The van der Waals surface area contributed by atoms with E-state index in [4.69, 9.17) is 4.74 Å². The fraction of sp³-hybridized carbons (Fsp3) is 0.600. The number of carbonyl (C=O) groups excluding carboxylic acids is 4. The van der Waals surface area contributed by atoms with Crippen LogP contribution >= 0.6 is 0 Å². The van der Waals surface area contributed by atoms with E-state index < -0.39 is 17.4 Å². The first-order chi connectivity index (χ1) is 10.7. The lowest BCUT2D eigenvalue weighted by Crippen LogP contribution is -2.37. The summed E-state index contributed by atoms with van der Waals surface area (Å²) >= 11 is 0. The molecule has 0 aliphatic carbocycles. The van der Waals surface area contributed by atoms with Crippen LogP contribution in [0.25, 0.3) is 0 Å². The zero-order chi connectivity index (χ0) is 17.5. The summed E-state index contributed by atoms with van der Waals surface area (Å²) < 4.78 is 5.56. The minimum Gasteiger partial charge on any atom is -0.373 e. The molecule has 0 fully saturated rings. The largest absolute Gasteiger partial charge is 0.373 e. The number of nitrogens with zero attached hydrogens (tertiary/aromatic N) is 1. The third kappa shape index (κ3) is 6.60. The van der Waals surface area contributed by atoms with Crippen LogP contribution in [-0.4, -0.2) is 60.9 Å². The lowest BCUT2D eigenvalue weighted by molar-refractivity contribution is -0.137. The van der Waals surface area contributed by atoms with E-state index in [1.807, 2.05) is 0 Å². The van der Waals surface area contributed by atoms with Crippen LogP contribution in [0, 0.1) is 0 Å². The number of imide groups is 1. The lowest BCUT2D eigenvalue weighted by Gasteiger charge is -2.24. The van der Waals surface area contributed by atoms with Crippen molar-refractivity contribution in [2.75, 3.05) is 26.7 Å². The number of rotatable bonds is 9. The Morgan fingerprint density at radius 1 is 1.17 bits per heavy atom. The van der Waals surface area contributed by atoms with Crippen molar-refractivity contribution in [2.24, 2.45) is 0 Å². The number of hydrogen-bond donors (Lipinski definition) is 2. The quantitative estimate of drug-likeness (QED) is 0.433. The molecule has 0 aromatic heterocycles. The van der Waals surface area contributed by atoms with Crippen LogP contribution < -0.4 is 10.6 Å². The van der Waals surface area contributed by atoms with E-state index >= 15 is 0 Å². The van der Waals surface area contributed by atoms with Gasteiger partial charge in [0.2, 0.25) is 11.8 Å². The normalized spacial score (nSPS) is 14.3. The molecule has 0 spiro atoms. The highest BCUT2D eigenvalue weighted by atomic mass is 16.5. The summed E-state index contributed by atoms with van der Waals surface area (Å²) in [7, 11) is 1.56. The molecule has 0 unspecified atom stereocenters. The molecule has 0 saturated heterocycles. The zero-order valence-electron chi connectivity index (χ0n) is 13.7. The third-order valence-corrected chi connectivity index (χ3v) is 3.25. The Morgan fingerprint density at radius 2 is 1.78 bits per heavy atom. The first-order valence-corrected chi connectivity index (χ1v) is 7.40. The van der Waals surface area contributed by atoms with E-state index in [0.29, 0.717) is 0 Å². The molecule has 4 amide bonds. The maximum absolute atomic E-state index is 11.7. The maximum atomic E-state index is 11.7. The number of amides is 4. The summed E-state index contributed by atoms with van der Waals surface area (Å²) in [5, 5.41) is 5.17. The summed E-state index contributed by atoms with van der Waals surface area (Å²) in [5.41, 5.74) is -0.620. The van der Waals surface area contributed by atoms with E-state index in [1.54, 1.807) is 20.9 Å². The molecule has 1 rings (SSSR count). The Balaban J connectivity index is 2.18. The summed E-state index contributed by atoms with van der Waals surface area (Å²) in [6, 6.07) is 0. The predicted molar refractivity (Wildman–Crippen MR) is 82.2 cm³/mol. The average molecular weight is 325 g/mol. The SMILES string of the molecule is CNC(=O)CC(C)(C)OCCNC(=O)CCN1C(=O)C=CC1=O. The molecule has 0 aromatic carbocycles. The van der Waals surface area contributed by atoms with Crippen LogP contribution in [-0.2, 0) is 23.9 Å². The average Bonchev–Trinajstić information content (AvgIpc) is 2.80. The second-order valence-corrected chi connectivity index (χ2v) is 5.72.